The standard InChI is InChI=1S/C19H21ClFN5O2S/c1-12-18(13-6-16(10-23-8-13)29(27,28)25(2)3)17-7-14(20)9-24-19(17)26(12)11-15(21)4-5-22/h4,6-10H,5,11,22H2,1-3H3/p+1. The summed E-state index contributed by atoms with van der Waals surface area (Å²) in [5, 5.41) is 1.12. The van der Waals surface area contributed by atoms with Gasteiger partial charge in [-0.25, -0.2) is 22.1 Å². The third-order valence-electron chi connectivity index (χ3n) is 4.58. The summed E-state index contributed by atoms with van der Waals surface area (Å²) in [6.45, 7) is 2.16. The number of allylic oxidation sites excluding steroid dienone is 1. The molecule has 3 rings (SSSR count). The Hall–Kier alpha value is -2.33. The lowest BCUT2D eigenvalue weighted by Gasteiger charge is -2.12. The van der Waals surface area contributed by atoms with Crippen molar-refractivity contribution in [3.63, 3.8) is 0 Å². The summed E-state index contributed by atoms with van der Waals surface area (Å²) in [5.74, 6) is -0.328. The first kappa shape index (κ1) is 21.4. The van der Waals surface area contributed by atoms with E-state index in [0.717, 1.165) is 10.00 Å². The van der Waals surface area contributed by atoms with Crippen LogP contribution >= 0.6 is 11.6 Å². The number of aromatic nitrogens is 3. The molecule has 0 aliphatic carbocycles. The van der Waals surface area contributed by atoms with Gasteiger partial charge in [-0.1, -0.05) is 11.6 Å². The molecular formula is C19H22ClFN5O2S+. The highest BCUT2D eigenvalue weighted by atomic mass is 35.5. The fraction of sp³-hybridized carbons (Fsp3) is 0.263. The van der Waals surface area contributed by atoms with Crippen molar-refractivity contribution in [2.75, 3.05) is 20.6 Å². The number of rotatable bonds is 6. The number of halogens is 2. The van der Waals surface area contributed by atoms with Gasteiger partial charge in [-0.2, -0.15) is 0 Å². The zero-order chi connectivity index (χ0) is 21.3. The van der Waals surface area contributed by atoms with Crippen molar-refractivity contribution >= 4 is 32.7 Å². The molecule has 0 amide bonds. The van der Waals surface area contributed by atoms with Gasteiger partial charge in [-0.15, -0.1) is 0 Å². The minimum Gasteiger partial charge on any atom is -0.354 e. The molecule has 3 aromatic heterocycles. The Balaban J connectivity index is 2.27. The molecule has 0 spiro atoms. The predicted octanol–water partition coefficient (Wildman–Crippen LogP) is 2.41. The van der Waals surface area contributed by atoms with E-state index in [1.54, 1.807) is 22.9 Å². The van der Waals surface area contributed by atoms with Crippen molar-refractivity contribution in [3.05, 3.63) is 53.3 Å². The van der Waals surface area contributed by atoms with E-state index in [0.29, 0.717) is 33.7 Å². The second-order valence-electron chi connectivity index (χ2n) is 6.71. The molecule has 7 nitrogen and oxygen atoms in total. The van der Waals surface area contributed by atoms with Gasteiger partial charge < -0.3 is 10.3 Å². The third-order valence-corrected chi connectivity index (χ3v) is 6.57. The molecule has 0 aliphatic heterocycles. The smallest absolute Gasteiger partial charge is 0.244 e. The summed E-state index contributed by atoms with van der Waals surface area (Å²) in [6.07, 6.45) is 5.78. The third kappa shape index (κ3) is 4.04. The molecule has 0 bridgehead atoms. The highest BCUT2D eigenvalue weighted by Gasteiger charge is 2.22. The number of hydrogen-bond acceptors (Lipinski definition) is 4. The lowest BCUT2D eigenvalue weighted by atomic mass is 10.1. The fourth-order valence-corrected chi connectivity index (χ4v) is 4.21. The van der Waals surface area contributed by atoms with Crippen LogP contribution in [0.4, 0.5) is 4.39 Å². The van der Waals surface area contributed by atoms with E-state index in [9.17, 15) is 12.8 Å². The van der Waals surface area contributed by atoms with Gasteiger partial charge in [-0.05, 0) is 19.1 Å². The first-order valence-electron chi connectivity index (χ1n) is 8.83. The molecule has 0 aliphatic rings. The van der Waals surface area contributed by atoms with Gasteiger partial charge in [0.1, 0.15) is 16.4 Å². The molecule has 0 aromatic carbocycles. The number of sulfonamides is 1. The van der Waals surface area contributed by atoms with E-state index >= 15 is 0 Å². The van der Waals surface area contributed by atoms with E-state index in [2.05, 4.69) is 15.7 Å². The van der Waals surface area contributed by atoms with E-state index in [4.69, 9.17) is 11.6 Å². The lowest BCUT2D eigenvalue weighted by Crippen LogP contribution is -2.49. The Morgan fingerprint density at radius 2 is 2.03 bits per heavy atom. The molecule has 0 saturated carbocycles. The molecule has 154 valence electrons. The summed E-state index contributed by atoms with van der Waals surface area (Å²) in [7, 11) is -0.737. The number of pyridine rings is 2. The average molecular weight is 439 g/mol. The normalized spacial score (nSPS) is 12.9. The minimum atomic E-state index is -3.65. The zero-order valence-electron chi connectivity index (χ0n) is 16.4. The van der Waals surface area contributed by atoms with Crippen molar-refractivity contribution in [1.29, 1.82) is 0 Å². The summed E-state index contributed by atoms with van der Waals surface area (Å²) >= 11 is 6.16. The molecule has 3 aromatic rings. The molecular weight excluding hydrogens is 417 g/mol. The average Bonchev–Trinajstić information content (AvgIpc) is 2.92. The number of nitrogens with zero attached hydrogens (tertiary/aromatic N) is 4. The Morgan fingerprint density at radius 1 is 1.31 bits per heavy atom. The molecule has 0 atom stereocenters. The monoisotopic (exact) mass is 438 g/mol. The molecule has 0 saturated heterocycles. The van der Waals surface area contributed by atoms with E-state index < -0.39 is 10.0 Å². The highest BCUT2D eigenvalue weighted by molar-refractivity contribution is 7.89. The number of fused-ring (bicyclic) bond motifs is 1. The summed E-state index contributed by atoms with van der Waals surface area (Å²) in [6, 6.07) is 3.29. The van der Waals surface area contributed by atoms with Crippen LogP contribution in [0.5, 0.6) is 0 Å². The van der Waals surface area contributed by atoms with Gasteiger partial charge in [0.25, 0.3) is 0 Å². The van der Waals surface area contributed by atoms with Crippen LogP contribution in [-0.2, 0) is 16.6 Å². The van der Waals surface area contributed by atoms with Crippen molar-refractivity contribution < 1.29 is 18.5 Å². The predicted molar refractivity (Wildman–Crippen MR) is 111 cm³/mol. The first-order valence-corrected chi connectivity index (χ1v) is 10.6. The summed E-state index contributed by atoms with van der Waals surface area (Å²) in [4.78, 5) is 8.56. The summed E-state index contributed by atoms with van der Waals surface area (Å²) < 4.78 is 42.2. The van der Waals surface area contributed by atoms with Crippen LogP contribution < -0.4 is 5.73 Å². The van der Waals surface area contributed by atoms with Gasteiger partial charge in [-0.3, -0.25) is 4.98 Å². The van der Waals surface area contributed by atoms with Crippen molar-refractivity contribution in [1.82, 2.24) is 18.8 Å². The molecule has 3 heterocycles. The van der Waals surface area contributed by atoms with Crippen molar-refractivity contribution in [2.24, 2.45) is 0 Å². The van der Waals surface area contributed by atoms with E-state index in [1.807, 2.05) is 6.92 Å². The molecule has 10 heteroatoms. The van der Waals surface area contributed by atoms with Gasteiger partial charge in [0.15, 0.2) is 0 Å². The second kappa shape index (κ2) is 8.19. The van der Waals surface area contributed by atoms with E-state index in [1.165, 1.54) is 32.6 Å². The Labute approximate surface area is 173 Å². The van der Waals surface area contributed by atoms with Gasteiger partial charge >= 0.3 is 0 Å². The summed E-state index contributed by atoms with van der Waals surface area (Å²) in [5.41, 5.74) is 6.20. The second-order valence-corrected chi connectivity index (χ2v) is 9.30. The maximum Gasteiger partial charge on any atom is 0.244 e. The first-order chi connectivity index (χ1) is 13.7. The Bertz CT molecular complexity index is 1200. The quantitative estimate of drug-likeness (QED) is 0.639. The SMILES string of the molecule is Cc1c(-c2cncc(S(=O)(=O)N(C)C)c2)c2cc(Cl)cnc2n1CC(F)=CC[NH3+]. The van der Waals surface area contributed by atoms with Crippen LogP contribution in [-0.4, -0.2) is 47.9 Å². The van der Waals surface area contributed by atoms with Crippen LogP contribution in [0.2, 0.25) is 5.02 Å². The van der Waals surface area contributed by atoms with Crippen LogP contribution in [0.25, 0.3) is 22.2 Å². The molecule has 0 unspecified atom stereocenters. The minimum absolute atomic E-state index is 0.00436. The molecule has 3 N–H and O–H groups in total. The maximum absolute atomic E-state index is 14.2. The maximum atomic E-state index is 14.2. The van der Waals surface area contributed by atoms with Crippen LogP contribution in [0.3, 0.4) is 0 Å². The zero-order valence-corrected chi connectivity index (χ0v) is 17.9. The van der Waals surface area contributed by atoms with Gasteiger partial charge in [0.2, 0.25) is 10.0 Å². The lowest BCUT2D eigenvalue weighted by molar-refractivity contribution is -0.353. The molecule has 0 fully saturated rings. The number of quaternary nitrogens is 1. The number of hydrogen-bond donors (Lipinski definition) is 1. The highest BCUT2D eigenvalue weighted by Crippen LogP contribution is 2.36. The van der Waals surface area contributed by atoms with Crippen LogP contribution in [0.1, 0.15) is 5.69 Å². The van der Waals surface area contributed by atoms with Crippen molar-refractivity contribution in [3.8, 4) is 11.1 Å². The van der Waals surface area contributed by atoms with Crippen molar-refractivity contribution in [2.45, 2.75) is 18.4 Å². The fourth-order valence-electron chi connectivity index (χ4n) is 3.16. The molecule has 0 radical (unpaired) electrons. The van der Waals surface area contributed by atoms with Gasteiger partial charge in [0, 0.05) is 61.0 Å². The van der Waals surface area contributed by atoms with Gasteiger partial charge in [0.05, 0.1) is 18.1 Å². The van der Waals surface area contributed by atoms with E-state index in [-0.39, 0.29) is 17.3 Å². The molecule has 29 heavy (non-hydrogen) atoms. The topological polar surface area (TPSA) is 95.7 Å². The Kier molecular flexibility index (Phi) is 6.04. The van der Waals surface area contributed by atoms with Crippen LogP contribution in [0.15, 0.2) is 47.5 Å². The Morgan fingerprint density at radius 3 is 2.69 bits per heavy atom. The largest absolute Gasteiger partial charge is 0.354 e. The van der Waals surface area contributed by atoms with Crippen LogP contribution in [0, 0.1) is 6.92 Å².